The van der Waals surface area contributed by atoms with E-state index >= 15 is 0 Å². The van der Waals surface area contributed by atoms with E-state index in [0.717, 1.165) is 36.0 Å². The van der Waals surface area contributed by atoms with Crippen molar-refractivity contribution >= 4 is 11.9 Å². The fraction of sp³-hybridized carbons (Fsp3) is 0.800. The molecule has 1 aromatic rings. The third kappa shape index (κ3) is 9.97. The molecule has 2 heterocycles. The number of phenols is 1. The summed E-state index contributed by atoms with van der Waals surface area (Å²) >= 11 is 0. The highest BCUT2D eigenvalue weighted by Gasteiger charge is 2.51. The number of nitrogens with one attached hydrogen (secondary N) is 3. The molecule has 0 saturated carbocycles. The zero-order chi connectivity index (χ0) is 36.0. The highest BCUT2D eigenvalue weighted by molar-refractivity contribution is 6.03. The highest BCUT2D eigenvalue weighted by atomic mass is 16.5. The zero-order valence-electron chi connectivity index (χ0n) is 32.6. The van der Waals surface area contributed by atoms with Gasteiger partial charge < -0.3 is 25.8 Å². The van der Waals surface area contributed by atoms with E-state index in [1.54, 1.807) is 0 Å². The maximum atomic E-state index is 14.9. The summed E-state index contributed by atoms with van der Waals surface area (Å²) in [6.07, 6.45) is 4.72. The van der Waals surface area contributed by atoms with E-state index in [2.05, 4.69) is 120 Å². The first-order valence-electron chi connectivity index (χ1n) is 18.1. The van der Waals surface area contributed by atoms with Crippen molar-refractivity contribution in [3.63, 3.8) is 0 Å². The average Bonchev–Trinajstić information content (AvgIpc) is 2.81. The molecule has 1 aromatic carbocycles. The molecular formula is C40H69N3O4. The standard InChI is InChI=1S/C40H69N3O4/c1-16-17-18-40(32(45)41-27-22-36(8,9)42-37(10,11)23-27,33(46)47-28-24-38(12,13)43-39(14,15)25-28)21-26-19-29(34(2,3)4)31(44)30(20-26)35(5,6)7/h19-20,27-28,42-44H,16-18,21-25H2,1-15H3,(H,41,45). The summed E-state index contributed by atoms with van der Waals surface area (Å²) in [5.41, 5.74) is -0.351. The quantitative estimate of drug-likeness (QED) is 0.159. The second-order valence-electron chi connectivity index (χ2n) is 19.7. The molecule has 268 valence electrons. The molecule has 2 aliphatic rings. The van der Waals surface area contributed by atoms with Gasteiger partial charge in [0.2, 0.25) is 5.91 Å². The molecular weight excluding hydrogens is 586 g/mol. The summed E-state index contributed by atoms with van der Waals surface area (Å²) in [5.74, 6) is -0.389. The Labute approximate surface area is 287 Å². The van der Waals surface area contributed by atoms with Crippen molar-refractivity contribution in [2.24, 2.45) is 5.41 Å². The van der Waals surface area contributed by atoms with Gasteiger partial charge in [-0.2, -0.15) is 0 Å². The van der Waals surface area contributed by atoms with Crippen LogP contribution in [-0.2, 0) is 31.6 Å². The molecule has 1 unspecified atom stereocenters. The fourth-order valence-corrected chi connectivity index (χ4v) is 8.64. The molecule has 0 spiro atoms. The van der Waals surface area contributed by atoms with E-state index in [0.29, 0.717) is 31.4 Å². The van der Waals surface area contributed by atoms with Gasteiger partial charge in [0.1, 0.15) is 11.9 Å². The van der Waals surface area contributed by atoms with E-state index in [-0.39, 0.29) is 57.5 Å². The molecule has 47 heavy (non-hydrogen) atoms. The number of rotatable bonds is 9. The number of hydrogen-bond donors (Lipinski definition) is 4. The molecule has 3 rings (SSSR count). The maximum Gasteiger partial charge on any atom is 0.322 e. The van der Waals surface area contributed by atoms with Crippen LogP contribution in [0, 0.1) is 5.41 Å². The monoisotopic (exact) mass is 656 g/mol. The number of amides is 1. The van der Waals surface area contributed by atoms with Gasteiger partial charge in [0, 0.05) is 41.0 Å². The Kier molecular flexibility index (Phi) is 11.1. The number of piperidine rings is 2. The normalized spacial score (nSPS) is 22.7. The summed E-state index contributed by atoms with van der Waals surface area (Å²) in [5, 5.41) is 22.3. The second-order valence-corrected chi connectivity index (χ2v) is 19.7. The van der Waals surface area contributed by atoms with Gasteiger partial charge in [-0.25, -0.2) is 0 Å². The van der Waals surface area contributed by atoms with Gasteiger partial charge in [-0.3, -0.25) is 9.59 Å². The number of unbranched alkanes of at least 4 members (excludes halogenated alkanes) is 1. The van der Waals surface area contributed by atoms with E-state index in [1.807, 2.05) is 12.1 Å². The molecule has 0 aromatic heterocycles. The van der Waals surface area contributed by atoms with E-state index < -0.39 is 11.4 Å². The lowest BCUT2D eigenvalue weighted by molar-refractivity contribution is -0.170. The van der Waals surface area contributed by atoms with Gasteiger partial charge in [0.25, 0.3) is 0 Å². The van der Waals surface area contributed by atoms with Gasteiger partial charge >= 0.3 is 5.97 Å². The third-order valence-electron chi connectivity index (χ3n) is 10.0. The van der Waals surface area contributed by atoms with Crippen LogP contribution in [0.3, 0.4) is 0 Å². The van der Waals surface area contributed by atoms with Crippen LogP contribution in [0.5, 0.6) is 5.75 Å². The molecule has 1 amide bonds. The van der Waals surface area contributed by atoms with Crippen LogP contribution in [0.1, 0.15) is 165 Å². The summed E-state index contributed by atoms with van der Waals surface area (Å²) < 4.78 is 6.51. The second kappa shape index (κ2) is 13.3. The molecule has 2 fully saturated rings. The van der Waals surface area contributed by atoms with Crippen LogP contribution in [0.25, 0.3) is 0 Å². The minimum Gasteiger partial charge on any atom is -0.507 e. The first-order valence-corrected chi connectivity index (χ1v) is 18.1. The number of ether oxygens (including phenoxy) is 1. The van der Waals surface area contributed by atoms with Crippen LogP contribution in [-0.4, -0.2) is 51.3 Å². The Balaban J connectivity index is 2.18. The van der Waals surface area contributed by atoms with Crippen LogP contribution >= 0.6 is 0 Å². The molecule has 0 bridgehead atoms. The van der Waals surface area contributed by atoms with Gasteiger partial charge in [0.15, 0.2) is 5.41 Å². The molecule has 0 radical (unpaired) electrons. The van der Waals surface area contributed by atoms with Crippen molar-refractivity contribution in [1.82, 2.24) is 16.0 Å². The first kappa shape index (κ1) is 39.3. The lowest BCUT2D eigenvalue weighted by Gasteiger charge is -2.48. The van der Waals surface area contributed by atoms with E-state index in [1.165, 1.54) is 0 Å². The smallest absolute Gasteiger partial charge is 0.322 e. The third-order valence-corrected chi connectivity index (χ3v) is 10.0. The Morgan fingerprint density at radius 3 is 1.64 bits per heavy atom. The van der Waals surface area contributed by atoms with Crippen LogP contribution in [0.15, 0.2) is 12.1 Å². The molecule has 2 aliphatic heterocycles. The molecule has 7 heteroatoms. The predicted molar refractivity (Wildman–Crippen MR) is 194 cm³/mol. The predicted octanol–water partition coefficient (Wildman–Crippen LogP) is 7.98. The Morgan fingerprint density at radius 1 is 0.809 bits per heavy atom. The summed E-state index contributed by atoms with van der Waals surface area (Å²) in [4.78, 5) is 29.8. The van der Waals surface area contributed by atoms with Gasteiger partial charge in [-0.1, -0.05) is 73.4 Å². The fourth-order valence-electron chi connectivity index (χ4n) is 8.64. The summed E-state index contributed by atoms with van der Waals surface area (Å²) in [6.45, 7) is 31.9. The number of benzene rings is 1. The number of esters is 1. The minimum absolute atomic E-state index is 0.0885. The van der Waals surface area contributed by atoms with Crippen molar-refractivity contribution in [2.75, 3.05) is 0 Å². The topological polar surface area (TPSA) is 99.7 Å². The van der Waals surface area contributed by atoms with Gasteiger partial charge in [-0.05, 0) is 109 Å². The highest BCUT2D eigenvalue weighted by Crippen LogP contribution is 2.43. The summed E-state index contributed by atoms with van der Waals surface area (Å²) in [6, 6.07) is 3.94. The lowest BCUT2D eigenvalue weighted by atomic mass is 9.72. The van der Waals surface area contributed by atoms with Crippen molar-refractivity contribution < 1.29 is 19.4 Å². The summed E-state index contributed by atoms with van der Waals surface area (Å²) in [7, 11) is 0. The Bertz CT molecular complexity index is 1180. The molecule has 4 N–H and O–H groups in total. The molecule has 2 saturated heterocycles. The van der Waals surface area contributed by atoms with Crippen LogP contribution in [0.2, 0.25) is 0 Å². The number of carbonyl (C=O) groups is 2. The first-order chi connectivity index (χ1) is 21.1. The van der Waals surface area contributed by atoms with E-state index in [9.17, 15) is 14.7 Å². The lowest BCUT2D eigenvalue weighted by Crippen LogP contribution is -2.64. The largest absolute Gasteiger partial charge is 0.507 e. The Morgan fingerprint density at radius 2 is 1.23 bits per heavy atom. The number of phenolic OH excluding ortho intramolecular Hbond substituents is 1. The molecule has 0 aliphatic carbocycles. The van der Waals surface area contributed by atoms with Crippen molar-refractivity contribution in [3.8, 4) is 5.75 Å². The van der Waals surface area contributed by atoms with Gasteiger partial charge in [0.05, 0.1) is 0 Å². The van der Waals surface area contributed by atoms with Crippen molar-refractivity contribution in [3.05, 3.63) is 28.8 Å². The van der Waals surface area contributed by atoms with E-state index in [4.69, 9.17) is 4.74 Å². The molecule has 7 nitrogen and oxygen atoms in total. The van der Waals surface area contributed by atoms with Gasteiger partial charge in [-0.15, -0.1) is 0 Å². The number of carbonyl (C=O) groups excluding carboxylic acids is 2. The number of hydrogen-bond acceptors (Lipinski definition) is 6. The zero-order valence-corrected chi connectivity index (χ0v) is 32.6. The van der Waals surface area contributed by atoms with Crippen molar-refractivity contribution in [1.29, 1.82) is 0 Å². The maximum absolute atomic E-state index is 14.9. The number of aromatic hydroxyl groups is 1. The molecule has 1 atom stereocenters. The van der Waals surface area contributed by atoms with Crippen molar-refractivity contribution in [2.45, 2.75) is 200 Å². The Hall–Kier alpha value is -2.12. The van der Waals surface area contributed by atoms with Crippen LogP contribution < -0.4 is 16.0 Å². The average molecular weight is 656 g/mol. The SMILES string of the molecule is CCCCC(Cc1cc(C(C)(C)C)c(O)c(C(C)(C)C)c1)(C(=O)NC1CC(C)(C)NC(C)(C)C1)C(=O)OC1CC(C)(C)NC(C)(C)C1. The van der Waals surface area contributed by atoms with Crippen LogP contribution in [0.4, 0.5) is 0 Å². The minimum atomic E-state index is -1.42.